The molecule has 0 saturated heterocycles. The minimum absolute atomic E-state index is 0.703. The van der Waals surface area contributed by atoms with E-state index in [0.717, 1.165) is 50.7 Å². The van der Waals surface area contributed by atoms with Crippen molar-refractivity contribution < 1.29 is 0 Å². The first-order chi connectivity index (χ1) is 10.8. The molecule has 11 unspecified atom stereocenters. The van der Waals surface area contributed by atoms with Crippen LogP contribution in [0.2, 0.25) is 0 Å². The molecule has 0 nitrogen and oxygen atoms in total. The third-order valence-corrected chi connectivity index (χ3v) is 14.6. The summed E-state index contributed by atoms with van der Waals surface area (Å²) in [7, 11) is 0. The molecular formula is C23H32. The van der Waals surface area contributed by atoms with Crippen LogP contribution in [0.3, 0.4) is 0 Å². The van der Waals surface area contributed by atoms with Gasteiger partial charge in [0.25, 0.3) is 0 Å². The lowest BCUT2D eigenvalue weighted by Crippen LogP contribution is -3.24. The molecule has 23 heavy (non-hydrogen) atoms. The number of fused-ring (bicyclic) bond motifs is 4. The quantitative estimate of drug-likeness (QED) is 0.642. The van der Waals surface area contributed by atoms with Crippen LogP contribution in [0.1, 0.15) is 67.2 Å². The summed E-state index contributed by atoms with van der Waals surface area (Å²) in [5.74, 6) is 6.70. The third-order valence-electron chi connectivity index (χ3n) is 14.6. The second-order valence-electron chi connectivity index (χ2n) is 12.2. The molecule has 8 fully saturated rings. The topological polar surface area (TPSA) is 0 Å². The fourth-order valence-corrected chi connectivity index (χ4v) is 15.5. The summed E-state index contributed by atoms with van der Waals surface area (Å²) in [5.41, 5.74) is 5.59. The third kappa shape index (κ3) is 0.455. The second kappa shape index (κ2) is 2.37. The van der Waals surface area contributed by atoms with Crippen molar-refractivity contribution >= 4 is 0 Å². The van der Waals surface area contributed by atoms with E-state index in [1.54, 1.807) is 19.3 Å². The van der Waals surface area contributed by atoms with Gasteiger partial charge in [-0.2, -0.15) is 0 Å². The zero-order valence-corrected chi connectivity index (χ0v) is 15.8. The van der Waals surface area contributed by atoms with E-state index < -0.39 is 0 Å². The van der Waals surface area contributed by atoms with E-state index in [2.05, 4.69) is 41.5 Å². The molecule has 124 valence electrons. The highest BCUT2D eigenvalue weighted by Gasteiger charge is 3.25. The van der Waals surface area contributed by atoms with Crippen LogP contribution >= 0.6 is 0 Å². The summed E-state index contributed by atoms with van der Waals surface area (Å²) >= 11 is 0. The molecule has 13 atom stereocenters. The van der Waals surface area contributed by atoms with Crippen LogP contribution in [-0.2, 0) is 0 Å². The van der Waals surface area contributed by atoms with Gasteiger partial charge in [-0.1, -0.05) is 48.0 Å². The molecule has 8 saturated carbocycles. The van der Waals surface area contributed by atoms with Crippen molar-refractivity contribution in [2.75, 3.05) is 0 Å². The van der Waals surface area contributed by atoms with E-state index in [1.165, 1.54) is 18.3 Å². The molecule has 3 spiro atoms. The Morgan fingerprint density at radius 1 is 0.870 bits per heavy atom. The Balaban J connectivity index is 1.44. The van der Waals surface area contributed by atoms with E-state index in [4.69, 9.17) is 0 Å². The SMILES string of the molecule is CCCC12CC3[C@H](C)C4(C)C5(C)C6(C)[C@H](C)C7CC8C1C5(C876)C324. The Hall–Kier alpha value is 0. The summed E-state index contributed by atoms with van der Waals surface area (Å²) in [6, 6.07) is 0. The maximum atomic E-state index is 2.82. The molecule has 0 aromatic heterocycles. The highest BCUT2D eigenvalue weighted by molar-refractivity contribution is 5.71. The Morgan fingerprint density at radius 2 is 1.57 bits per heavy atom. The zero-order chi connectivity index (χ0) is 15.8. The van der Waals surface area contributed by atoms with Gasteiger partial charge >= 0.3 is 0 Å². The molecule has 0 N–H and O–H groups in total. The minimum Gasteiger partial charge on any atom is -0.0654 e. The van der Waals surface area contributed by atoms with Crippen LogP contribution in [0, 0.1) is 73.4 Å². The van der Waals surface area contributed by atoms with Crippen molar-refractivity contribution in [3.05, 3.63) is 0 Å². The molecule has 0 amide bonds. The van der Waals surface area contributed by atoms with Crippen molar-refractivity contribution in [3.8, 4) is 0 Å². The lowest BCUT2D eigenvalue weighted by atomic mass is 8.76. The van der Waals surface area contributed by atoms with Crippen molar-refractivity contribution in [3.63, 3.8) is 0 Å². The van der Waals surface area contributed by atoms with Crippen molar-refractivity contribution in [2.45, 2.75) is 67.2 Å². The van der Waals surface area contributed by atoms with Crippen LogP contribution in [0.15, 0.2) is 0 Å². The number of hydrogen-bond donors (Lipinski definition) is 0. The Labute approximate surface area is 141 Å². The molecule has 0 aliphatic heterocycles. The minimum atomic E-state index is 0.703. The first-order valence-electron chi connectivity index (χ1n) is 10.8. The molecule has 0 aromatic rings. The molecule has 0 heteroatoms. The monoisotopic (exact) mass is 308 g/mol. The van der Waals surface area contributed by atoms with E-state index in [0.29, 0.717) is 10.8 Å². The van der Waals surface area contributed by atoms with Crippen LogP contribution < -0.4 is 0 Å². The van der Waals surface area contributed by atoms with Gasteiger partial charge in [0.05, 0.1) is 0 Å². The van der Waals surface area contributed by atoms with Crippen LogP contribution in [0.25, 0.3) is 0 Å². The average Bonchev–Trinajstić information content (AvgIpc) is 2.50. The molecule has 0 heterocycles. The summed E-state index contributed by atoms with van der Waals surface area (Å²) in [5, 5.41) is 0. The van der Waals surface area contributed by atoms with Gasteiger partial charge in [0.15, 0.2) is 0 Å². The molecule has 8 rings (SSSR count). The maximum Gasteiger partial charge on any atom is -0.00583 e. The Kier molecular flexibility index (Phi) is 1.27. The van der Waals surface area contributed by atoms with Gasteiger partial charge in [0.2, 0.25) is 0 Å². The van der Waals surface area contributed by atoms with E-state index in [1.807, 2.05) is 0 Å². The number of rotatable bonds is 2. The van der Waals surface area contributed by atoms with Crippen molar-refractivity contribution in [1.82, 2.24) is 0 Å². The Morgan fingerprint density at radius 3 is 2.26 bits per heavy atom. The summed E-state index contributed by atoms with van der Waals surface area (Å²) in [6.45, 7) is 16.2. The van der Waals surface area contributed by atoms with Gasteiger partial charge in [-0.05, 0) is 92.7 Å². The van der Waals surface area contributed by atoms with Crippen LogP contribution in [0.4, 0.5) is 0 Å². The predicted molar refractivity (Wildman–Crippen MR) is 90.5 cm³/mol. The molecule has 8 aliphatic carbocycles. The maximum absolute atomic E-state index is 2.82. The van der Waals surface area contributed by atoms with Crippen LogP contribution in [-0.4, -0.2) is 0 Å². The molecule has 0 aromatic carbocycles. The normalized spacial score (nSPS) is 90.5. The highest BCUT2D eigenvalue weighted by atomic mass is 15.3. The van der Waals surface area contributed by atoms with Gasteiger partial charge in [-0.3, -0.25) is 0 Å². The summed E-state index contributed by atoms with van der Waals surface area (Å²) < 4.78 is 0. The van der Waals surface area contributed by atoms with Crippen LogP contribution in [0.5, 0.6) is 0 Å². The smallest absolute Gasteiger partial charge is 0.00583 e. The molecule has 0 radical (unpaired) electrons. The fourth-order valence-electron chi connectivity index (χ4n) is 15.5. The lowest BCUT2D eigenvalue weighted by Gasteiger charge is -3.27. The largest absolute Gasteiger partial charge is 0.0654 e. The van der Waals surface area contributed by atoms with Crippen molar-refractivity contribution in [2.24, 2.45) is 73.4 Å². The average molecular weight is 309 g/mol. The van der Waals surface area contributed by atoms with Gasteiger partial charge in [-0.25, -0.2) is 0 Å². The van der Waals surface area contributed by atoms with E-state index in [-0.39, 0.29) is 0 Å². The fraction of sp³-hybridized carbons (Fsp3) is 1.00. The standard InChI is InChI=1S/C23H32/c1-7-8-20-10-15-12(3)18(5)19(6)17(4)11(2)13-9-14-16(20)23(19,21(13,14)17)22(15,18)20/h11-16H,7-10H2,1-6H3/t11-,12+,13?,14?,15?,16?,17?,18?,19?,20?,21?,22?,23?/m1/s1. The molecular weight excluding hydrogens is 276 g/mol. The second-order valence-corrected chi connectivity index (χ2v) is 12.2. The summed E-state index contributed by atoms with van der Waals surface area (Å²) in [4.78, 5) is 0. The van der Waals surface area contributed by atoms with Gasteiger partial charge < -0.3 is 0 Å². The van der Waals surface area contributed by atoms with E-state index in [9.17, 15) is 0 Å². The van der Waals surface area contributed by atoms with E-state index >= 15 is 0 Å². The van der Waals surface area contributed by atoms with Gasteiger partial charge in [0, 0.05) is 0 Å². The van der Waals surface area contributed by atoms with Gasteiger partial charge in [0.1, 0.15) is 0 Å². The number of hydrogen-bond acceptors (Lipinski definition) is 0. The highest BCUT2D eigenvalue weighted by Crippen LogP contribution is 3.28. The lowest BCUT2D eigenvalue weighted by molar-refractivity contribution is -0.815. The summed E-state index contributed by atoms with van der Waals surface area (Å²) in [6.07, 6.45) is 6.30. The molecule has 8 aliphatic rings. The first kappa shape index (κ1) is 12.4. The Bertz CT molecular complexity index is 768. The first-order valence-corrected chi connectivity index (χ1v) is 10.8. The zero-order valence-electron chi connectivity index (χ0n) is 15.8. The molecule has 0 bridgehead atoms. The van der Waals surface area contributed by atoms with Gasteiger partial charge in [-0.15, -0.1) is 0 Å². The predicted octanol–water partition coefficient (Wildman–Crippen LogP) is 5.38. The van der Waals surface area contributed by atoms with Crippen molar-refractivity contribution in [1.29, 1.82) is 0 Å².